The number of likely N-dealkylation sites (tertiary alicyclic amines) is 1. The van der Waals surface area contributed by atoms with Gasteiger partial charge in [0.05, 0.1) is 10.2 Å². The highest BCUT2D eigenvalue weighted by atomic mass is 79.9. The van der Waals surface area contributed by atoms with Crippen LogP contribution in [0.3, 0.4) is 0 Å². The SMILES string of the molecule is CN(C)C/C=C/C(=O)Nc1ccc(C(=O)N2CCC[C@@H](Nc3ncc(Br)c(-c4c[nH]c5ccccc45)n3)C2)cc1. The van der Waals surface area contributed by atoms with Gasteiger partial charge in [-0.3, -0.25) is 9.59 Å². The number of H-pyrrole nitrogens is 1. The number of piperidine rings is 1. The molecule has 1 fully saturated rings. The number of anilines is 2. The van der Waals surface area contributed by atoms with Crippen molar-refractivity contribution in [2.24, 2.45) is 0 Å². The van der Waals surface area contributed by atoms with Crippen molar-refractivity contribution < 1.29 is 9.59 Å². The first-order valence-corrected chi connectivity index (χ1v) is 14.0. The van der Waals surface area contributed by atoms with E-state index in [9.17, 15) is 9.59 Å². The molecule has 0 spiro atoms. The van der Waals surface area contributed by atoms with Crippen LogP contribution in [-0.4, -0.2) is 76.3 Å². The van der Waals surface area contributed by atoms with Gasteiger partial charge in [-0.15, -0.1) is 0 Å². The van der Waals surface area contributed by atoms with E-state index in [0.29, 0.717) is 36.8 Å². The second kappa shape index (κ2) is 12.4. The van der Waals surface area contributed by atoms with Crippen LogP contribution in [0.1, 0.15) is 23.2 Å². The lowest BCUT2D eigenvalue weighted by molar-refractivity contribution is -0.111. The number of hydrogen-bond donors (Lipinski definition) is 3. The van der Waals surface area contributed by atoms with E-state index in [0.717, 1.165) is 39.5 Å². The molecule has 10 heteroatoms. The van der Waals surface area contributed by atoms with E-state index in [1.54, 1.807) is 36.5 Å². The number of aromatic amines is 1. The van der Waals surface area contributed by atoms with E-state index in [2.05, 4.69) is 42.6 Å². The van der Waals surface area contributed by atoms with Crippen molar-refractivity contribution in [1.82, 2.24) is 24.8 Å². The highest BCUT2D eigenvalue weighted by molar-refractivity contribution is 9.10. The minimum absolute atomic E-state index is 0.0298. The van der Waals surface area contributed by atoms with Gasteiger partial charge in [-0.2, -0.15) is 0 Å². The van der Waals surface area contributed by atoms with Gasteiger partial charge >= 0.3 is 0 Å². The van der Waals surface area contributed by atoms with Crippen molar-refractivity contribution >= 4 is 50.3 Å². The van der Waals surface area contributed by atoms with E-state index >= 15 is 0 Å². The molecule has 2 aromatic heterocycles. The predicted octanol–water partition coefficient (Wildman–Crippen LogP) is 5.16. The quantitative estimate of drug-likeness (QED) is 0.241. The van der Waals surface area contributed by atoms with Gasteiger partial charge in [0, 0.05) is 71.9 Å². The van der Waals surface area contributed by atoms with Gasteiger partial charge in [0.15, 0.2) is 0 Å². The summed E-state index contributed by atoms with van der Waals surface area (Å²) in [6, 6.07) is 15.2. The number of nitrogens with zero attached hydrogens (tertiary/aromatic N) is 4. The molecule has 40 heavy (non-hydrogen) atoms. The summed E-state index contributed by atoms with van der Waals surface area (Å²) in [4.78, 5) is 41.8. The van der Waals surface area contributed by atoms with E-state index in [4.69, 9.17) is 4.98 Å². The lowest BCUT2D eigenvalue weighted by Crippen LogP contribution is -2.45. The Hall–Kier alpha value is -4.02. The van der Waals surface area contributed by atoms with Gasteiger partial charge in [-0.1, -0.05) is 24.3 Å². The molecule has 5 rings (SSSR count). The lowest BCUT2D eigenvalue weighted by Gasteiger charge is -2.33. The molecule has 0 radical (unpaired) electrons. The zero-order valence-corrected chi connectivity index (χ0v) is 24.1. The summed E-state index contributed by atoms with van der Waals surface area (Å²) < 4.78 is 0.812. The second-order valence-electron chi connectivity index (χ2n) is 10.1. The van der Waals surface area contributed by atoms with Crippen LogP contribution in [0.4, 0.5) is 11.6 Å². The maximum atomic E-state index is 13.3. The number of rotatable bonds is 8. The molecule has 0 bridgehead atoms. The Morgan fingerprint density at radius 3 is 2.77 bits per heavy atom. The molecule has 1 aliphatic heterocycles. The average molecular weight is 603 g/mol. The molecule has 1 saturated heterocycles. The molecule has 1 atom stereocenters. The molecule has 9 nitrogen and oxygen atoms in total. The maximum Gasteiger partial charge on any atom is 0.253 e. The molecule has 206 valence electrons. The third kappa shape index (κ3) is 6.57. The molecule has 4 aromatic rings. The van der Waals surface area contributed by atoms with Crippen molar-refractivity contribution in [2.45, 2.75) is 18.9 Å². The number of carbonyl (C=O) groups is 2. The Morgan fingerprint density at radius 1 is 1.18 bits per heavy atom. The third-order valence-electron chi connectivity index (χ3n) is 6.77. The summed E-state index contributed by atoms with van der Waals surface area (Å²) in [6.07, 6.45) is 8.83. The molecule has 3 heterocycles. The monoisotopic (exact) mass is 601 g/mol. The first-order chi connectivity index (χ1) is 19.4. The minimum Gasteiger partial charge on any atom is -0.360 e. The van der Waals surface area contributed by atoms with E-state index < -0.39 is 0 Å². The molecule has 1 aliphatic rings. The van der Waals surface area contributed by atoms with Gasteiger partial charge in [-0.05, 0) is 73.2 Å². The highest BCUT2D eigenvalue weighted by Crippen LogP contribution is 2.32. The zero-order valence-electron chi connectivity index (χ0n) is 22.5. The number of carbonyl (C=O) groups excluding carboxylic acids is 2. The molecule has 0 saturated carbocycles. The van der Waals surface area contributed by atoms with Crippen LogP contribution in [0.2, 0.25) is 0 Å². The fourth-order valence-electron chi connectivity index (χ4n) is 4.79. The first-order valence-electron chi connectivity index (χ1n) is 13.2. The lowest BCUT2D eigenvalue weighted by atomic mass is 10.0. The Bertz CT molecular complexity index is 1530. The van der Waals surface area contributed by atoms with Gasteiger partial charge < -0.3 is 25.4 Å². The van der Waals surface area contributed by atoms with E-state index in [1.165, 1.54) is 6.08 Å². The fraction of sp³-hybridized carbons (Fsp3) is 0.267. The van der Waals surface area contributed by atoms with Crippen molar-refractivity contribution in [2.75, 3.05) is 44.4 Å². The summed E-state index contributed by atoms with van der Waals surface area (Å²) in [6.45, 7) is 1.93. The standard InChI is InChI=1S/C30H32BrN7O2/c1-37(2)15-6-10-27(39)34-21-13-11-20(12-14-21)29(40)38-16-5-7-22(19-38)35-30-33-18-25(31)28(36-30)24-17-32-26-9-4-3-8-23(24)26/h3-4,6,8-14,17-18,22,32H,5,7,15-16,19H2,1-2H3,(H,34,39)(H,33,35,36)/b10-6+/t22-/m1/s1. The van der Waals surface area contributed by atoms with E-state index in [-0.39, 0.29) is 17.9 Å². The second-order valence-corrected chi connectivity index (χ2v) is 11.0. The van der Waals surface area contributed by atoms with Crippen LogP contribution < -0.4 is 10.6 Å². The van der Waals surface area contributed by atoms with Crippen LogP contribution in [-0.2, 0) is 4.79 Å². The molecular weight excluding hydrogens is 570 g/mol. The Balaban J connectivity index is 1.22. The first kappa shape index (κ1) is 27.5. The van der Waals surface area contributed by atoms with Crippen LogP contribution >= 0.6 is 15.9 Å². The summed E-state index contributed by atoms with van der Waals surface area (Å²) in [5.41, 5.74) is 4.08. The number of para-hydroxylation sites is 1. The number of fused-ring (bicyclic) bond motifs is 1. The topological polar surface area (TPSA) is 106 Å². The summed E-state index contributed by atoms with van der Waals surface area (Å²) in [5.74, 6) is 0.294. The van der Waals surface area contributed by atoms with Crippen LogP contribution in [0.25, 0.3) is 22.2 Å². The number of hydrogen-bond acceptors (Lipinski definition) is 6. The summed E-state index contributed by atoms with van der Waals surface area (Å²) >= 11 is 3.60. The molecule has 3 N–H and O–H groups in total. The van der Waals surface area contributed by atoms with Crippen LogP contribution in [0.5, 0.6) is 0 Å². The number of amides is 2. The van der Waals surface area contributed by atoms with Gasteiger partial charge in [0.1, 0.15) is 0 Å². The Morgan fingerprint density at radius 2 is 1.98 bits per heavy atom. The van der Waals surface area contributed by atoms with Crippen LogP contribution in [0, 0.1) is 0 Å². The van der Waals surface area contributed by atoms with Gasteiger partial charge in [0.2, 0.25) is 11.9 Å². The van der Waals surface area contributed by atoms with Gasteiger partial charge in [0.25, 0.3) is 5.91 Å². The maximum absolute atomic E-state index is 13.3. The zero-order chi connectivity index (χ0) is 28.1. The molecular formula is C30H32BrN7O2. The number of halogens is 1. The Labute approximate surface area is 241 Å². The smallest absolute Gasteiger partial charge is 0.253 e. The normalized spacial score (nSPS) is 15.6. The largest absolute Gasteiger partial charge is 0.360 e. The third-order valence-corrected chi connectivity index (χ3v) is 7.35. The molecule has 0 aliphatic carbocycles. The number of likely N-dealkylation sites (N-methyl/N-ethyl adjacent to an activating group) is 1. The molecule has 2 aromatic carbocycles. The van der Waals surface area contributed by atoms with Gasteiger partial charge in [-0.25, -0.2) is 9.97 Å². The number of aromatic nitrogens is 3. The minimum atomic E-state index is -0.200. The Kier molecular flexibility index (Phi) is 8.57. The average Bonchev–Trinajstić information content (AvgIpc) is 3.38. The van der Waals surface area contributed by atoms with Crippen molar-refractivity contribution in [3.05, 3.63) is 83.1 Å². The van der Waals surface area contributed by atoms with Crippen LogP contribution in [0.15, 0.2) is 77.5 Å². The number of nitrogens with one attached hydrogen (secondary N) is 3. The van der Waals surface area contributed by atoms with Crippen molar-refractivity contribution in [1.29, 1.82) is 0 Å². The molecule has 2 amide bonds. The van der Waals surface area contributed by atoms with Crippen molar-refractivity contribution in [3.8, 4) is 11.3 Å². The fourth-order valence-corrected chi connectivity index (χ4v) is 5.19. The summed E-state index contributed by atoms with van der Waals surface area (Å²) in [7, 11) is 3.88. The predicted molar refractivity (Wildman–Crippen MR) is 162 cm³/mol. The summed E-state index contributed by atoms with van der Waals surface area (Å²) in [5, 5.41) is 7.36. The van der Waals surface area contributed by atoms with Crippen molar-refractivity contribution in [3.63, 3.8) is 0 Å². The molecule has 0 unspecified atom stereocenters. The number of benzene rings is 2. The van der Waals surface area contributed by atoms with E-state index in [1.807, 2.05) is 48.3 Å². The highest BCUT2D eigenvalue weighted by Gasteiger charge is 2.25.